The van der Waals surface area contributed by atoms with Gasteiger partial charge in [0.25, 0.3) is 0 Å². The minimum atomic E-state index is -6.60. The van der Waals surface area contributed by atoms with E-state index in [2.05, 4.69) is 4.99 Å². The predicted octanol–water partition coefficient (Wildman–Crippen LogP) is 14.4. The second-order valence-corrected chi connectivity index (χ2v) is 13.8. The van der Waals surface area contributed by atoms with Gasteiger partial charge in [-0.3, -0.25) is 4.99 Å². The molecule has 0 atom stereocenters. The predicted molar refractivity (Wildman–Crippen MR) is 195 cm³/mol. The smallest absolute Gasteiger partial charge is 0.460 e. The lowest BCUT2D eigenvalue weighted by molar-refractivity contribution is -0.347. The van der Waals surface area contributed by atoms with Crippen LogP contribution in [0, 0.1) is 0 Å². The first-order chi connectivity index (χ1) is 27.2. The molecule has 5 rings (SSSR count). The van der Waals surface area contributed by atoms with Crippen LogP contribution in [0.4, 0.5) is 78.5 Å². The first-order valence-electron chi connectivity index (χ1n) is 15.1. The summed E-state index contributed by atoms with van der Waals surface area (Å²) in [6.45, 7) is 0. The van der Waals surface area contributed by atoms with E-state index in [4.69, 9.17) is 95.7 Å². The minimum absolute atomic E-state index is 0.0269. The van der Waals surface area contributed by atoms with Gasteiger partial charge in [-0.25, -0.2) is 4.79 Å². The number of carboxylic acids is 1. The molecule has 1 aliphatic heterocycles. The molecule has 0 aliphatic carbocycles. The van der Waals surface area contributed by atoms with Crippen LogP contribution < -0.4 is 20.9 Å². The summed E-state index contributed by atoms with van der Waals surface area (Å²) in [5.41, 5.74) is 10.1. The molecule has 5 N–H and O–H groups in total. The molecule has 60 heavy (non-hydrogen) atoms. The van der Waals surface area contributed by atoms with E-state index < -0.39 is 54.1 Å². The number of fused-ring (bicyclic) bond motifs is 1. The number of carbonyl (C=O) groups is 1. The summed E-state index contributed by atoms with van der Waals surface area (Å²) in [6, 6.07) is 14.6. The highest BCUT2D eigenvalue weighted by molar-refractivity contribution is 6.43. The van der Waals surface area contributed by atoms with Crippen LogP contribution in [-0.2, 0) is 11.2 Å². The summed E-state index contributed by atoms with van der Waals surface area (Å²) in [4.78, 5) is 12.6. The lowest BCUT2D eigenvalue weighted by Crippen LogP contribution is -2.56. The fourth-order valence-electron chi connectivity index (χ4n) is 4.15. The van der Waals surface area contributed by atoms with Crippen LogP contribution >= 0.6 is 69.6 Å². The Morgan fingerprint density at radius 2 is 1.00 bits per heavy atom. The zero-order valence-electron chi connectivity index (χ0n) is 28.3. The molecule has 0 unspecified atom stereocenters. The van der Waals surface area contributed by atoms with Crippen LogP contribution in [0.3, 0.4) is 0 Å². The molecule has 0 fully saturated rings. The summed E-state index contributed by atoms with van der Waals surface area (Å²) in [6.07, 6.45) is -14.0. The molecule has 27 heteroatoms. The van der Waals surface area contributed by atoms with E-state index in [9.17, 15) is 66.3 Å². The number of nitrogen functional groups attached to an aromatic ring is 2. The Balaban J connectivity index is 0.000000265. The van der Waals surface area contributed by atoms with Crippen molar-refractivity contribution in [3.8, 4) is 23.0 Å². The third-order valence-electron chi connectivity index (χ3n) is 7.29. The maximum atomic E-state index is 13.9. The van der Waals surface area contributed by atoms with E-state index in [1.807, 2.05) is 0 Å². The Labute approximate surface area is 356 Å². The second-order valence-electron chi connectivity index (χ2n) is 11.5. The Hall–Kier alpha value is -4.02. The Morgan fingerprint density at radius 3 is 1.42 bits per heavy atom. The molecule has 1 heterocycles. The van der Waals surface area contributed by atoms with Gasteiger partial charge in [-0.1, -0.05) is 81.7 Å². The molecule has 328 valence electrons. The molecule has 7 nitrogen and oxygen atoms in total. The molecule has 4 aromatic carbocycles. The van der Waals surface area contributed by atoms with Gasteiger partial charge < -0.3 is 26.0 Å². The lowest BCUT2D eigenvalue weighted by Gasteiger charge is -2.28. The van der Waals surface area contributed by atoms with Crippen molar-refractivity contribution in [2.24, 2.45) is 4.99 Å². The Bertz CT molecular complexity index is 2290. The number of nitrogens with zero attached hydrogens (tertiary/aromatic N) is 1. The number of hydrogen-bond donors (Lipinski definition) is 3. The molecule has 0 amide bonds. The zero-order valence-corrected chi connectivity index (χ0v) is 32.8. The SMILES string of the molecule is FC(F)(F)C(F)(F)C(F)(F)C1=Nc2cc(Cl)c(Oc3cccc(Cl)c3Cl)cc2C1.Nc1cc(Cl)c(Oc2cccc(Cl)c2Cl)cc1N.O=C(O)C(F)(F)C(F)(F)C(F)(F)F. The van der Waals surface area contributed by atoms with Gasteiger partial charge in [0.15, 0.2) is 0 Å². The summed E-state index contributed by atoms with van der Waals surface area (Å²) >= 11 is 35.7. The third-order valence-corrected chi connectivity index (χ3v) is 9.48. The summed E-state index contributed by atoms with van der Waals surface area (Å²) in [5.74, 6) is -27.4. The first-order valence-corrected chi connectivity index (χ1v) is 17.3. The molecule has 0 aromatic heterocycles. The number of benzene rings is 4. The van der Waals surface area contributed by atoms with Crippen molar-refractivity contribution in [2.75, 3.05) is 11.5 Å². The zero-order chi connectivity index (χ0) is 46.1. The van der Waals surface area contributed by atoms with Gasteiger partial charge in [-0.15, -0.1) is 0 Å². The molecule has 1 aliphatic rings. The van der Waals surface area contributed by atoms with Crippen molar-refractivity contribution in [2.45, 2.75) is 42.5 Å². The van der Waals surface area contributed by atoms with Gasteiger partial charge in [0.1, 0.15) is 33.0 Å². The molecular formula is C33H17Cl6F14N3O4. The molecular weight excluding hydrogens is 981 g/mol. The number of hydrogen-bond acceptors (Lipinski definition) is 6. The molecule has 0 saturated carbocycles. The van der Waals surface area contributed by atoms with Crippen molar-refractivity contribution in [1.29, 1.82) is 0 Å². The summed E-state index contributed by atoms with van der Waals surface area (Å²) in [5, 5.41) is 8.49. The largest absolute Gasteiger partial charge is 0.477 e. The van der Waals surface area contributed by atoms with Gasteiger partial charge >= 0.3 is 42.0 Å². The highest BCUT2D eigenvalue weighted by Crippen LogP contribution is 2.51. The first kappa shape index (κ1) is 50.3. The average Bonchev–Trinajstić information content (AvgIpc) is 3.54. The van der Waals surface area contributed by atoms with Gasteiger partial charge in [0, 0.05) is 12.5 Å². The standard InChI is InChI=1S/C17H7Cl3F7NO.C12H9Cl3N2O.C4HF7O2/c18-8-2-1-3-11(14(8)20)29-12-4-7-5-13(28-10(7)6-9(12)19)15(21,22)16(23,24)17(25,26)27;13-6-2-1-3-10(12(6)15)18-11-5-9(17)8(16)4-7(11)14;5-2(6,1(12)13)3(7,8)4(9,10)11/h1-4,6H,5H2;1-5H,16-17H2;(H,12,13). The van der Waals surface area contributed by atoms with Crippen molar-refractivity contribution in [1.82, 2.24) is 0 Å². The van der Waals surface area contributed by atoms with Crippen LogP contribution in [0.15, 0.2) is 65.7 Å². The topological polar surface area (TPSA) is 120 Å². The quantitative estimate of drug-likeness (QED) is 0.119. The van der Waals surface area contributed by atoms with Gasteiger partial charge in [0.05, 0.1) is 42.9 Å². The molecule has 0 radical (unpaired) electrons. The maximum absolute atomic E-state index is 13.9. The van der Waals surface area contributed by atoms with E-state index in [-0.39, 0.29) is 37.8 Å². The highest BCUT2D eigenvalue weighted by Gasteiger charge is 2.77. The molecule has 0 bridgehead atoms. The number of nitrogens with two attached hydrogens (primary N) is 2. The normalized spacial score (nSPS) is 13.3. The highest BCUT2D eigenvalue weighted by atomic mass is 35.5. The van der Waals surface area contributed by atoms with Gasteiger partial charge in [0.2, 0.25) is 0 Å². The lowest BCUT2D eigenvalue weighted by atomic mass is 10.0. The Kier molecular flexibility index (Phi) is 15.2. The summed E-state index contributed by atoms with van der Waals surface area (Å²) < 4.78 is 183. The number of aliphatic imine (C=N–C) groups is 1. The third kappa shape index (κ3) is 10.5. The number of carboxylic acid groups (broad SMARTS) is 1. The van der Waals surface area contributed by atoms with E-state index >= 15 is 0 Å². The van der Waals surface area contributed by atoms with Crippen molar-refractivity contribution in [3.05, 3.63) is 96.4 Å². The monoisotopic (exact) mass is 995 g/mol. The second kappa shape index (κ2) is 18.1. The van der Waals surface area contributed by atoms with E-state index in [0.29, 0.717) is 37.9 Å². The van der Waals surface area contributed by atoms with E-state index in [1.165, 1.54) is 30.3 Å². The number of alkyl halides is 14. The fourth-order valence-corrected chi connectivity index (χ4v) is 5.22. The van der Waals surface area contributed by atoms with Crippen molar-refractivity contribution in [3.63, 3.8) is 0 Å². The summed E-state index contributed by atoms with van der Waals surface area (Å²) in [7, 11) is 0. The van der Waals surface area contributed by atoms with Crippen LogP contribution in [0.5, 0.6) is 23.0 Å². The van der Waals surface area contributed by atoms with Crippen molar-refractivity contribution >= 4 is 98.3 Å². The number of ether oxygens (including phenoxy) is 2. The minimum Gasteiger partial charge on any atom is -0.477 e. The van der Waals surface area contributed by atoms with E-state index in [1.54, 1.807) is 18.2 Å². The van der Waals surface area contributed by atoms with E-state index in [0.717, 1.165) is 12.1 Å². The number of rotatable bonds is 8. The van der Waals surface area contributed by atoms with Crippen molar-refractivity contribution < 1.29 is 80.8 Å². The van der Waals surface area contributed by atoms with Gasteiger partial charge in [-0.2, -0.15) is 61.5 Å². The number of anilines is 2. The van der Waals surface area contributed by atoms with Crippen LogP contribution in [0.1, 0.15) is 5.56 Å². The van der Waals surface area contributed by atoms with Crippen LogP contribution in [0.25, 0.3) is 0 Å². The average molecular weight is 998 g/mol. The number of aliphatic carboxylic acids is 1. The maximum Gasteiger partial charge on any atom is 0.460 e. The number of halogens is 20. The van der Waals surface area contributed by atoms with Crippen LogP contribution in [0.2, 0.25) is 30.1 Å². The molecule has 0 saturated heterocycles. The van der Waals surface area contributed by atoms with Crippen LogP contribution in [-0.4, -0.2) is 52.8 Å². The Morgan fingerprint density at radius 1 is 0.583 bits per heavy atom. The molecule has 0 spiro atoms. The van der Waals surface area contributed by atoms with Gasteiger partial charge in [-0.05, 0) is 48.0 Å². The molecule has 4 aromatic rings. The fraction of sp³-hybridized carbons (Fsp3) is 0.212.